The molecule has 4 aromatic rings. The quantitative estimate of drug-likeness (QED) is 0.166. The molecule has 2 heterocycles. The van der Waals surface area contributed by atoms with Crippen LogP contribution in [0.3, 0.4) is 0 Å². The maximum atomic E-state index is 14.0. The Bertz CT molecular complexity index is 1690. The molecule has 40 heavy (non-hydrogen) atoms. The molecule has 0 fully saturated rings. The van der Waals surface area contributed by atoms with E-state index in [0.717, 1.165) is 12.1 Å². The van der Waals surface area contributed by atoms with E-state index >= 15 is 0 Å². The van der Waals surface area contributed by atoms with Gasteiger partial charge in [0, 0.05) is 12.1 Å². The van der Waals surface area contributed by atoms with Crippen molar-refractivity contribution in [2.45, 2.75) is 6.18 Å². The molecule has 0 radical (unpaired) electrons. The van der Waals surface area contributed by atoms with Gasteiger partial charge in [-0.15, -0.1) is 0 Å². The smallest absolute Gasteiger partial charge is 0.450 e. The Labute approximate surface area is 225 Å². The topological polar surface area (TPSA) is 93.4 Å². The molecule has 11 heteroatoms. The molecule has 8 nitrogen and oxygen atoms in total. The second-order valence-electron chi connectivity index (χ2n) is 8.52. The van der Waals surface area contributed by atoms with E-state index in [-0.39, 0.29) is 28.2 Å². The lowest BCUT2D eigenvalue weighted by molar-refractivity contribution is -0.152. The fourth-order valence-electron chi connectivity index (χ4n) is 4.17. The van der Waals surface area contributed by atoms with Crippen LogP contribution in [-0.2, 0) is 11.0 Å². The van der Waals surface area contributed by atoms with Crippen LogP contribution in [0.4, 0.5) is 13.2 Å². The summed E-state index contributed by atoms with van der Waals surface area (Å²) in [5.41, 5.74) is -1.43. The number of carbonyl (C=O) groups excluding carboxylic acids is 1. The minimum absolute atomic E-state index is 0.0691. The summed E-state index contributed by atoms with van der Waals surface area (Å²) in [6, 6.07) is 12.7. The first kappa shape index (κ1) is 26.7. The summed E-state index contributed by atoms with van der Waals surface area (Å²) in [7, 11) is 2.70. The van der Waals surface area contributed by atoms with Crippen LogP contribution in [0, 0.1) is 0 Å². The largest absolute Gasteiger partial charge is 0.493 e. The van der Waals surface area contributed by atoms with Crippen LogP contribution in [-0.4, -0.2) is 33.4 Å². The number of carbonyl (C=O) groups is 1. The van der Waals surface area contributed by atoms with Crippen LogP contribution in [0.25, 0.3) is 28.2 Å². The Balaban J connectivity index is 1.46. The van der Waals surface area contributed by atoms with Gasteiger partial charge in [0.05, 0.1) is 25.2 Å². The third-order valence-electron chi connectivity index (χ3n) is 5.99. The maximum absolute atomic E-state index is 14.0. The Morgan fingerprint density at radius 1 is 0.900 bits per heavy atom. The van der Waals surface area contributed by atoms with Crippen LogP contribution >= 0.6 is 0 Å². The van der Waals surface area contributed by atoms with E-state index in [1.165, 1.54) is 50.6 Å². The lowest BCUT2D eigenvalue weighted by Gasteiger charge is -2.18. The van der Waals surface area contributed by atoms with Crippen molar-refractivity contribution in [3.8, 4) is 39.9 Å². The molecule has 0 atom stereocenters. The molecule has 0 bridgehead atoms. The average Bonchev–Trinajstić information content (AvgIpc) is 2.95. The van der Waals surface area contributed by atoms with E-state index in [2.05, 4.69) is 0 Å². The van der Waals surface area contributed by atoms with E-state index in [9.17, 15) is 22.8 Å². The van der Waals surface area contributed by atoms with Crippen molar-refractivity contribution >= 4 is 23.0 Å². The van der Waals surface area contributed by atoms with Gasteiger partial charge in [-0.1, -0.05) is 12.1 Å². The average molecular weight is 554 g/mol. The fraction of sp³-hybridized carbons (Fsp3) is 0.172. The number of ether oxygens (including phenoxy) is 5. The van der Waals surface area contributed by atoms with Gasteiger partial charge in [-0.25, -0.2) is 4.79 Å². The third-order valence-corrected chi connectivity index (χ3v) is 5.99. The Morgan fingerprint density at radius 2 is 1.65 bits per heavy atom. The molecule has 206 valence electrons. The highest BCUT2D eigenvalue weighted by Crippen LogP contribution is 2.40. The Hall–Kier alpha value is -4.93. The molecule has 0 unspecified atom stereocenters. The van der Waals surface area contributed by atoms with Crippen molar-refractivity contribution in [2.75, 3.05) is 27.4 Å². The molecule has 0 aliphatic carbocycles. The van der Waals surface area contributed by atoms with Crippen LogP contribution in [0.5, 0.6) is 28.7 Å². The van der Waals surface area contributed by atoms with Gasteiger partial charge in [-0.05, 0) is 53.6 Å². The molecule has 0 saturated heterocycles. The standard InChI is InChI=1S/C29H21F3O8/c1-35-20-9-5-17(14-23(20)36-2)26-27(34)19-7-6-18(15-22(19)40-28(26)29(30,31)32)39-25(33)10-4-16-3-8-21-24(13-16)38-12-11-37-21/h3-10,13-15H,11-12H2,1-2H3. The first-order valence-electron chi connectivity index (χ1n) is 11.9. The lowest BCUT2D eigenvalue weighted by atomic mass is 10.0. The van der Waals surface area contributed by atoms with Crippen LogP contribution in [0.15, 0.2) is 69.9 Å². The normalized spacial score (nSPS) is 12.9. The highest BCUT2D eigenvalue weighted by molar-refractivity contribution is 5.90. The van der Waals surface area contributed by atoms with Crippen LogP contribution in [0.2, 0.25) is 0 Å². The molecule has 5 rings (SSSR count). The van der Waals surface area contributed by atoms with Crippen molar-refractivity contribution in [2.24, 2.45) is 0 Å². The zero-order chi connectivity index (χ0) is 28.4. The van der Waals surface area contributed by atoms with Crippen LogP contribution in [0.1, 0.15) is 11.3 Å². The van der Waals surface area contributed by atoms with Gasteiger partial charge in [-0.3, -0.25) is 4.79 Å². The summed E-state index contributed by atoms with van der Waals surface area (Å²) in [4.78, 5) is 25.7. The molecule has 0 N–H and O–H groups in total. The second kappa shape index (κ2) is 10.7. The number of fused-ring (bicyclic) bond motifs is 2. The maximum Gasteiger partial charge on any atom is 0.450 e. The third kappa shape index (κ3) is 5.31. The number of rotatable bonds is 6. The van der Waals surface area contributed by atoms with Gasteiger partial charge in [0.1, 0.15) is 24.5 Å². The molecule has 1 aliphatic heterocycles. The number of hydrogen-bond donors (Lipinski definition) is 0. The number of methoxy groups -OCH3 is 2. The second-order valence-corrected chi connectivity index (χ2v) is 8.52. The molecule has 3 aromatic carbocycles. The van der Waals surface area contributed by atoms with Crippen molar-refractivity contribution in [1.82, 2.24) is 0 Å². The van der Waals surface area contributed by atoms with Crippen molar-refractivity contribution in [1.29, 1.82) is 0 Å². The fourth-order valence-corrected chi connectivity index (χ4v) is 4.17. The number of benzene rings is 3. The van der Waals surface area contributed by atoms with Gasteiger partial charge in [0.2, 0.25) is 11.2 Å². The highest BCUT2D eigenvalue weighted by atomic mass is 19.4. The Kier molecular flexibility index (Phi) is 7.12. The SMILES string of the molecule is COc1ccc(-c2c(C(F)(F)F)oc3cc(OC(=O)C=Cc4ccc5c(c4)OCCO5)ccc3c2=O)cc1OC. The number of halogens is 3. The van der Waals surface area contributed by atoms with Crippen LogP contribution < -0.4 is 29.1 Å². The van der Waals surface area contributed by atoms with E-state index < -0.39 is 34.5 Å². The molecular formula is C29H21F3O8. The van der Waals surface area contributed by atoms with Gasteiger partial charge >= 0.3 is 12.1 Å². The Morgan fingerprint density at radius 3 is 2.38 bits per heavy atom. The zero-order valence-corrected chi connectivity index (χ0v) is 21.2. The van der Waals surface area contributed by atoms with E-state index in [0.29, 0.717) is 30.3 Å². The minimum atomic E-state index is -5.01. The van der Waals surface area contributed by atoms with Crippen molar-refractivity contribution in [3.05, 3.63) is 82.2 Å². The van der Waals surface area contributed by atoms with E-state index in [1.807, 2.05) is 0 Å². The lowest BCUT2D eigenvalue weighted by Crippen LogP contribution is -2.16. The van der Waals surface area contributed by atoms with E-state index in [1.54, 1.807) is 18.2 Å². The molecule has 0 saturated carbocycles. The minimum Gasteiger partial charge on any atom is -0.493 e. The van der Waals surface area contributed by atoms with Gasteiger partial charge in [-0.2, -0.15) is 13.2 Å². The summed E-state index contributed by atoms with van der Waals surface area (Å²) in [5.74, 6) is -0.859. The summed E-state index contributed by atoms with van der Waals surface area (Å²) in [6.07, 6.45) is -2.37. The van der Waals surface area contributed by atoms with Crippen molar-refractivity contribution in [3.63, 3.8) is 0 Å². The van der Waals surface area contributed by atoms with Crippen molar-refractivity contribution < 1.29 is 46.1 Å². The van der Waals surface area contributed by atoms with Gasteiger partial charge in [0.25, 0.3) is 0 Å². The zero-order valence-electron chi connectivity index (χ0n) is 21.2. The predicted octanol–water partition coefficient (Wildman–Crippen LogP) is 5.89. The molecular weight excluding hydrogens is 533 g/mol. The first-order valence-corrected chi connectivity index (χ1v) is 11.9. The van der Waals surface area contributed by atoms with E-state index in [4.69, 9.17) is 28.1 Å². The molecule has 1 aromatic heterocycles. The summed E-state index contributed by atoms with van der Waals surface area (Å²) in [6.45, 7) is 0.856. The molecule has 0 spiro atoms. The summed E-state index contributed by atoms with van der Waals surface area (Å²) in [5, 5.41) is -0.135. The summed E-state index contributed by atoms with van der Waals surface area (Å²) >= 11 is 0. The monoisotopic (exact) mass is 554 g/mol. The predicted molar refractivity (Wildman–Crippen MR) is 138 cm³/mol. The molecule has 1 aliphatic rings. The number of hydrogen-bond acceptors (Lipinski definition) is 8. The number of esters is 1. The summed E-state index contributed by atoms with van der Waals surface area (Å²) < 4.78 is 73.8. The van der Waals surface area contributed by atoms with Gasteiger partial charge < -0.3 is 28.1 Å². The number of alkyl halides is 3. The molecule has 0 amide bonds. The van der Waals surface area contributed by atoms with Gasteiger partial charge in [0.15, 0.2) is 23.0 Å². The first-order chi connectivity index (χ1) is 19.2. The highest BCUT2D eigenvalue weighted by Gasteiger charge is 2.39.